The van der Waals surface area contributed by atoms with E-state index in [1.54, 1.807) is 0 Å². The number of allylic oxidation sites excluding steroid dienone is 6. The van der Waals surface area contributed by atoms with E-state index in [9.17, 15) is 30.3 Å². The van der Waals surface area contributed by atoms with Crippen LogP contribution in [0.1, 0.15) is 155 Å². The number of nitrogens with one attached hydrogen (secondary N) is 1. The maximum Gasteiger partial charge on any atom is 0.220 e. The normalized spacial score (nSPS) is 22.8. The summed E-state index contributed by atoms with van der Waals surface area (Å²) in [5.41, 5.74) is 0. The molecule has 7 atom stereocenters. The number of rotatable bonds is 31. The highest BCUT2D eigenvalue weighted by atomic mass is 16.7. The van der Waals surface area contributed by atoms with Crippen molar-refractivity contribution in [2.45, 2.75) is 198 Å². The van der Waals surface area contributed by atoms with E-state index >= 15 is 0 Å². The largest absolute Gasteiger partial charge is 0.394 e. The van der Waals surface area contributed by atoms with Crippen LogP contribution in [0, 0.1) is 0 Å². The molecule has 1 fully saturated rings. The molecule has 1 saturated heterocycles. The summed E-state index contributed by atoms with van der Waals surface area (Å²) in [6.07, 6.45) is 29.1. The molecule has 0 radical (unpaired) electrons. The van der Waals surface area contributed by atoms with Crippen molar-refractivity contribution < 1.29 is 39.8 Å². The molecule has 1 rings (SSSR count). The summed E-state index contributed by atoms with van der Waals surface area (Å²) >= 11 is 0. The zero-order chi connectivity index (χ0) is 36.0. The lowest BCUT2D eigenvalue weighted by molar-refractivity contribution is -0.302. The molecule has 0 bridgehead atoms. The maximum absolute atomic E-state index is 12.8. The molecule has 1 aliphatic heterocycles. The molecule has 1 amide bonds. The van der Waals surface area contributed by atoms with Crippen molar-refractivity contribution in [1.29, 1.82) is 0 Å². The number of hydrogen-bond donors (Lipinski definition) is 6. The molecule has 9 nitrogen and oxygen atoms in total. The number of aliphatic hydroxyl groups is 5. The van der Waals surface area contributed by atoms with Gasteiger partial charge in [-0.3, -0.25) is 4.79 Å². The summed E-state index contributed by atoms with van der Waals surface area (Å²) in [6.45, 7) is 3.69. The molecule has 0 aliphatic carbocycles. The third-order valence-corrected chi connectivity index (χ3v) is 9.25. The van der Waals surface area contributed by atoms with Crippen molar-refractivity contribution >= 4 is 5.91 Å². The van der Waals surface area contributed by atoms with Crippen LogP contribution in [-0.4, -0.2) is 87.5 Å². The Morgan fingerprint density at radius 3 is 1.78 bits per heavy atom. The molecule has 1 aliphatic rings. The van der Waals surface area contributed by atoms with Crippen molar-refractivity contribution in [3.05, 3.63) is 36.5 Å². The molecule has 0 aromatic carbocycles. The second-order valence-corrected chi connectivity index (χ2v) is 13.7. The monoisotopic (exact) mass is 696 g/mol. The first kappa shape index (κ1) is 45.4. The number of ether oxygens (including phenoxy) is 2. The van der Waals surface area contributed by atoms with Gasteiger partial charge in [0.05, 0.1) is 25.4 Å². The highest BCUT2D eigenvalue weighted by Crippen LogP contribution is 2.23. The lowest BCUT2D eigenvalue weighted by Crippen LogP contribution is -2.60. The van der Waals surface area contributed by atoms with Crippen LogP contribution in [0.3, 0.4) is 0 Å². The second kappa shape index (κ2) is 31.2. The molecule has 49 heavy (non-hydrogen) atoms. The zero-order valence-corrected chi connectivity index (χ0v) is 30.9. The van der Waals surface area contributed by atoms with Gasteiger partial charge in [-0.15, -0.1) is 0 Å². The van der Waals surface area contributed by atoms with Gasteiger partial charge in [0.1, 0.15) is 24.4 Å². The molecular formula is C40H73NO8. The fourth-order valence-corrected chi connectivity index (χ4v) is 5.99. The Labute approximate surface area is 298 Å². The average Bonchev–Trinajstić information content (AvgIpc) is 3.10. The SMILES string of the molecule is CCCCCCC/C=C\C/C=C\C/C=C\CCCCCCCCC(=O)NC(COC1OC(CO)C(O)C(O)C1O)C(O)CCCCCCC. The van der Waals surface area contributed by atoms with E-state index < -0.39 is 49.5 Å². The Bertz CT molecular complexity index is 863. The standard InChI is InChI=1S/C40H73NO8/c1-3-5-7-9-10-11-12-13-14-15-16-17-18-19-20-21-22-23-24-26-28-30-36(44)41-33(34(43)29-27-25-8-6-4-2)32-48-40-39(47)38(46)37(45)35(31-42)49-40/h12-13,15-16,18-19,33-35,37-40,42-43,45-47H,3-11,14,17,20-32H2,1-2H3,(H,41,44)/b13-12-,16-15-,19-18-. The minimum absolute atomic E-state index is 0.147. The molecule has 9 heteroatoms. The molecule has 0 saturated carbocycles. The number of amides is 1. The quantitative estimate of drug-likeness (QED) is 0.0338. The van der Waals surface area contributed by atoms with Gasteiger partial charge < -0.3 is 40.3 Å². The summed E-state index contributed by atoms with van der Waals surface area (Å²) in [7, 11) is 0. The number of aliphatic hydroxyl groups excluding tert-OH is 5. The van der Waals surface area contributed by atoms with Crippen molar-refractivity contribution in [3.8, 4) is 0 Å². The topological polar surface area (TPSA) is 149 Å². The molecule has 7 unspecified atom stereocenters. The summed E-state index contributed by atoms with van der Waals surface area (Å²) in [5, 5.41) is 53.7. The first-order valence-corrected chi connectivity index (χ1v) is 19.7. The van der Waals surface area contributed by atoms with Crippen molar-refractivity contribution in [2.24, 2.45) is 0 Å². The molecule has 0 aromatic rings. The Hall–Kier alpha value is -1.59. The van der Waals surface area contributed by atoms with Gasteiger partial charge in [-0.05, 0) is 51.4 Å². The third-order valence-electron chi connectivity index (χ3n) is 9.25. The van der Waals surface area contributed by atoms with Crippen molar-refractivity contribution in [3.63, 3.8) is 0 Å². The van der Waals surface area contributed by atoms with Crippen molar-refractivity contribution in [1.82, 2.24) is 5.32 Å². The van der Waals surface area contributed by atoms with Crippen LogP contribution in [0.15, 0.2) is 36.5 Å². The molecule has 0 spiro atoms. The summed E-state index contributed by atoms with van der Waals surface area (Å²) < 4.78 is 11.1. The van der Waals surface area contributed by atoms with E-state index in [1.165, 1.54) is 51.4 Å². The van der Waals surface area contributed by atoms with E-state index in [4.69, 9.17) is 9.47 Å². The van der Waals surface area contributed by atoms with Crippen LogP contribution in [0.4, 0.5) is 0 Å². The maximum atomic E-state index is 12.8. The Morgan fingerprint density at radius 1 is 0.694 bits per heavy atom. The molecule has 6 N–H and O–H groups in total. The first-order chi connectivity index (χ1) is 23.8. The fourth-order valence-electron chi connectivity index (χ4n) is 5.99. The first-order valence-electron chi connectivity index (χ1n) is 19.7. The number of hydrogen-bond acceptors (Lipinski definition) is 8. The van der Waals surface area contributed by atoms with Gasteiger partial charge >= 0.3 is 0 Å². The van der Waals surface area contributed by atoms with Gasteiger partial charge in [0, 0.05) is 6.42 Å². The Kier molecular flexibility index (Phi) is 28.9. The lowest BCUT2D eigenvalue weighted by Gasteiger charge is -2.40. The number of carbonyl (C=O) groups excluding carboxylic acids is 1. The van der Waals surface area contributed by atoms with Gasteiger partial charge in [-0.1, -0.05) is 134 Å². The van der Waals surface area contributed by atoms with Gasteiger partial charge in [0.2, 0.25) is 5.91 Å². The van der Waals surface area contributed by atoms with Crippen molar-refractivity contribution in [2.75, 3.05) is 13.2 Å². The van der Waals surface area contributed by atoms with Gasteiger partial charge in [-0.2, -0.15) is 0 Å². The highest BCUT2D eigenvalue weighted by molar-refractivity contribution is 5.76. The molecule has 1 heterocycles. The van der Waals surface area contributed by atoms with E-state index in [1.807, 2.05) is 0 Å². The van der Waals surface area contributed by atoms with Crippen LogP contribution < -0.4 is 5.32 Å². The predicted octanol–water partition coefficient (Wildman–Crippen LogP) is 6.94. The van der Waals surface area contributed by atoms with Gasteiger partial charge in [0.15, 0.2) is 6.29 Å². The van der Waals surface area contributed by atoms with Crippen LogP contribution in [-0.2, 0) is 14.3 Å². The van der Waals surface area contributed by atoms with E-state index in [-0.39, 0.29) is 12.5 Å². The minimum Gasteiger partial charge on any atom is -0.394 e. The summed E-state index contributed by atoms with van der Waals surface area (Å²) in [6, 6.07) is -0.721. The Balaban J connectivity index is 2.26. The second-order valence-electron chi connectivity index (χ2n) is 13.7. The summed E-state index contributed by atoms with van der Waals surface area (Å²) in [4.78, 5) is 12.8. The third kappa shape index (κ3) is 22.8. The molecular weight excluding hydrogens is 622 g/mol. The van der Waals surface area contributed by atoms with Crippen LogP contribution in [0.5, 0.6) is 0 Å². The van der Waals surface area contributed by atoms with E-state index in [2.05, 4.69) is 55.6 Å². The lowest BCUT2D eigenvalue weighted by atomic mass is 9.99. The average molecular weight is 696 g/mol. The van der Waals surface area contributed by atoms with Crippen LogP contribution in [0.25, 0.3) is 0 Å². The van der Waals surface area contributed by atoms with Gasteiger partial charge in [-0.25, -0.2) is 0 Å². The highest BCUT2D eigenvalue weighted by Gasteiger charge is 2.44. The molecule has 0 aromatic heterocycles. The fraction of sp³-hybridized carbons (Fsp3) is 0.825. The minimum atomic E-state index is -1.55. The van der Waals surface area contributed by atoms with Gasteiger partial charge in [0.25, 0.3) is 0 Å². The Morgan fingerprint density at radius 2 is 1.20 bits per heavy atom. The zero-order valence-electron chi connectivity index (χ0n) is 30.9. The number of carbonyl (C=O) groups is 1. The van der Waals surface area contributed by atoms with Crippen LogP contribution in [0.2, 0.25) is 0 Å². The number of unbranched alkanes of at least 4 members (excludes halogenated alkanes) is 15. The predicted molar refractivity (Wildman–Crippen MR) is 198 cm³/mol. The molecule has 286 valence electrons. The van der Waals surface area contributed by atoms with Crippen LogP contribution >= 0.6 is 0 Å². The smallest absolute Gasteiger partial charge is 0.220 e. The van der Waals surface area contributed by atoms with E-state index in [0.29, 0.717) is 12.8 Å². The summed E-state index contributed by atoms with van der Waals surface area (Å²) in [5.74, 6) is -0.166. The van der Waals surface area contributed by atoms with E-state index in [0.717, 1.165) is 77.0 Å².